The van der Waals surface area contributed by atoms with Crippen molar-refractivity contribution in [2.45, 2.75) is 66.5 Å². The van der Waals surface area contributed by atoms with Crippen molar-refractivity contribution >= 4 is 11.9 Å². The van der Waals surface area contributed by atoms with Crippen molar-refractivity contribution in [3.8, 4) is 11.5 Å². The Labute approximate surface area is 209 Å². The maximum atomic E-state index is 12.8. The summed E-state index contributed by atoms with van der Waals surface area (Å²) in [5.74, 6) is 0.524. The van der Waals surface area contributed by atoms with Crippen molar-refractivity contribution in [1.29, 1.82) is 0 Å². The van der Waals surface area contributed by atoms with Crippen LogP contribution in [-0.4, -0.2) is 38.4 Å². The molecule has 0 spiro atoms. The van der Waals surface area contributed by atoms with Crippen LogP contribution in [0.5, 0.6) is 11.5 Å². The van der Waals surface area contributed by atoms with Crippen molar-refractivity contribution in [1.82, 2.24) is 5.32 Å². The maximum Gasteiger partial charge on any atom is 0.313 e. The summed E-state index contributed by atoms with van der Waals surface area (Å²) >= 11 is 0. The van der Waals surface area contributed by atoms with E-state index < -0.39 is 11.6 Å². The molecule has 1 atom stereocenters. The lowest BCUT2D eigenvalue weighted by Crippen LogP contribution is -2.41. The number of esters is 1. The van der Waals surface area contributed by atoms with Crippen molar-refractivity contribution < 1.29 is 23.8 Å². The number of nitrogens with two attached hydrogens (primary N) is 1. The lowest BCUT2D eigenvalue weighted by Gasteiger charge is -2.24. The van der Waals surface area contributed by atoms with Gasteiger partial charge in [0, 0.05) is 13.0 Å². The van der Waals surface area contributed by atoms with Gasteiger partial charge in [0.2, 0.25) is 5.91 Å². The van der Waals surface area contributed by atoms with Crippen LogP contribution in [0.1, 0.15) is 55.9 Å². The molecule has 1 amide bonds. The summed E-state index contributed by atoms with van der Waals surface area (Å²) < 4.78 is 16.6. The molecule has 3 N–H and O–H groups in total. The Balaban J connectivity index is 2.03. The first kappa shape index (κ1) is 28.2. The van der Waals surface area contributed by atoms with Gasteiger partial charge < -0.3 is 25.3 Å². The fourth-order valence-electron chi connectivity index (χ4n) is 3.44. The second-order valence-electron chi connectivity index (χ2n) is 9.82. The Morgan fingerprint density at radius 1 is 1.00 bits per heavy atom. The fourth-order valence-corrected chi connectivity index (χ4v) is 3.44. The number of hydrogen-bond donors (Lipinski definition) is 2. The zero-order chi connectivity index (χ0) is 26.0. The van der Waals surface area contributed by atoms with Gasteiger partial charge in [-0.3, -0.25) is 9.59 Å². The van der Waals surface area contributed by atoms with Gasteiger partial charge >= 0.3 is 5.97 Å². The van der Waals surface area contributed by atoms with Crippen LogP contribution in [0.25, 0.3) is 0 Å². The molecule has 0 aliphatic carbocycles. The van der Waals surface area contributed by atoms with Crippen LogP contribution < -0.4 is 20.5 Å². The van der Waals surface area contributed by atoms with Crippen LogP contribution in [-0.2, 0) is 27.2 Å². The molecule has 2 aromatic carbocycles. The Morgan fingerprint density at radius 2 is 1.71 bits per heavy atom. The predicted octanol–water partition coefficient (Wildman–Crippen LogP) is 4.25. The molecule has 35 heavy (non-hydrogen) atoms. The van der Waals surface area contributed by atoms with E-state index in [1.807, 2.05) is 6.07 Å². The van der Waals surface area contributed by atoms with E-state index in [-0.39, 0.29) is 18.3 Å². The third-order valence-electron chi connectivity index (χ3n) is 5.65. The number of carbonyl (C=O) groups is 2. The molecule has 0 saturated heterocycles. The lowest BCUT2D eigenvalue weighted by molar-refractivity contribution is -0.161. The minimum absolute atomic E-state index is 0.119. The highest BCUT2D eigenvalue weighted by atomic mass is 16.6. The Kier molecular flexibility index (Phi) is 10.6. The zero-order valence-electron chi connectivity index (χ0n) is 21.9. The molecule has 0 fully saturated rings. The number of hydrogen-bond acceptors (Lipinski definition) is 6. The number of ether oxygens (including phenoxy) is 3. The Morgan fingerprint density at radius 3 is 2.34 bits per heavy atom. The Bertz CT molecular complexity index is 997. The standard InChI is InChI=1S/C28H40N2O5/c1-19-10-11-21(16-20(19)2)8-7-9-26(35-27(32)28(3,4)5)30-25(31)18-22-12-13-23(34-15-14-29)24(17-22)33-6/h10-13,16-17,26H,7-9,14-15,18,29H2,1-6H3,(H,30,31). The summed E-state index contributed by atoms with van der Waals surface area (Å²) in [6, 6.07) is 11.7. The molecule has 0 heterocycles. The number of rotatable bonds is 12. The normalized spacial score (nSPS) is 12.1. The first-order chi connectivity index (χ1) is 16.5. The number of methoxy groups -OCH3 is 1. The summed E-state index contributed by atoms with van der Waals surface area (Å²) in [4.78, 5) is 25.4. The van der Waals surface area contributed by atoms with Crippen molar-refractivity contribution in [2.75, 3.05) is 20.3 Å². The summed E-state index contributed by atoms with van der Waals surface area (Å²) in [5, 5.41) is 2.89. The average Bonchev–Trinajstić information content (AvgIpc) is 2.79. The van der Waals surface area contributed by atoms with Gasteiger partial charge in [-0.2, -0.15) is 0 Å². The number of carbonyl (C=O) groups excluding carboxylic acids is 2. The van der Waals surface area contributed by atoms with E-state index in [0.29, 0.717) is 31.1 Å². The molecule has 0 bridgehead atoms. The average molecular weight is 485 g/mol. The van der Waals surface area contributed by atoms with Crippen LogP contribution >= 0.6 is 0 Å². The van der Waals surface area contributed by atoms with Crippen LogP contribution in [0.15, 0.2) is 36.4 Å². The smallest absolute Gasteiger partial charge is 0.313 e. The molecular weight excluding hydrogens is 444 g/mol. The number of nitrogens with one attached hydrogen (secondary N) is 1. The second-order valence-corrected chi connectivity index (χ2v) is 9.82. The van der Waals surface area contributed by atoms with Gasteiger partial charge in [-0.05, 0) is 81.8 Å². The molecule has 0 radical (unpaired) electrons. The van der Waals surface area contributed by atoms with Crippen molar-refractivity contribution in [3.63, 3.8) is 0 Å². The van der Waals surface area contributed by atoms with Crippen LogP contribution in [0.4, 0.5) is 0 Å². The SMILES string of the molecule is COc1cc(CC(=O)NC(CCCc2ccc(C)c(C)c2)OC(=O)C(C)(C)C)ccc1OCCN. The largest absolute Gasteiger partial charge is 0.493 e. The third-order valence-corrected chi connectivity index (χ3v) is 5.65. The monoisotopic (exact) mass is 484 g/mol. The summed E-state index contributed by atoms with van der Waals surface area (Å²) in [6.45, 7) is 10.3. The first-order valence-corrected chi connectivity index (χ1v) is 12.1. The van der Waals surface area contributed by atoms with Crippen LogP contribution in [0.3, 0.4) is 0 Å². The number of benzene rings is 2. The molecule has 2 aromatic rings. The van der Waals surface area contributed by atoms with Gasteiger partial charge in [-0.1, -0.05) is 24.3 Å². The molecule has 192 valence electrons. The third kappa shape index (κ3) is 9.25. The van der Waals surface area contributed by atoms with Gasteiger partial charge in [0.05, 0.1) is 18.9 Å². The van der Waals surface area contributed by atoms with Gasteiger partial charge in [0.15, 0.2) is 17.7 Å². The summed E-state index contributed by atoms with van der Waals surface area (Å²) in [5.41, 5.74) is 9.33. The number of aryl methyl sites for hydroxylation is 3. The quantitative estimate of drug-likeness (QED) is 0.345. The highest BCUT2D eigenvalue weighted by Gasteiger charge is 2.27. The van der Waals surface area contributed by atoms with E-state index in [4.69, 9.17) is 19.9 Å². The van der Waals surface area contributed by atoms with Gasteiger partial charge in [-0.15, -0.1) is 0 Å². The van der Waals surface area contributed by atoms with E-state index in [9.17, 15) is 9.59 Å². The van der Waals surface area contributed by atoms with E-state index in [1.54, 1.807) is 40.0 Å². The molecule has 0 aromatic heterocycles. The topological polar surface area (TPSA) is 99.9 Å². The Hall–Kier alpha value is -3.06. The highest BCUT2D eigenvalue weighted by Crippen LogP contribution is 2.28. The van der Waals surface area contributed by atoms with Crippen LogP contribution in [0, 0.1) is 19.3 Å². The van der Waals surface area contributed by atoms with E-state index in [2.05, 4.69) is 37.4 Å². The maximum absolute atomic E-state index is 12.8. The van der Waals surface area contributed by atoms with Crippen LogP contribution in [0.2, 0.25) is 0 Å². The first-order valence-electron chi connectivity index (χ1n) is 12.1. The predicted molar refractivity (Wildman–Crippen MR) is 138 cm³/mol. The minimum Gasteiger partial charge on any atom is -0.493 e. The van der Waals surface area contributed by atoms with E-state index in [0.717, 1.165) is 18.4 Å². The van der Waals surface area contributed by atoms with Gasteiger partial charge in [-0.25, -0.2) is 0 Å². The molecule has 7 nitrogen and oxygen atoms in total. The molecule has 2 rings (SSSR count). The van der Waals surface area contributed by atoms with E-state index >= 15 is 0 Å². The summed E-state index contributed by atoms with van der Waals surface area (Å²) in [6.07, 6.45) is 1.55. The lowest BCUT2D eigenvalue weighted by atomic mass is 9.97. The van der Waals surface area contributed by atoms with Gasteiger partial charge in [0.1, 0.15) is 6.61 Å². The minimum atomic E-state index is -0.699. The number of amides is 1. The zero-order valence-corrected chi connectivity index (χ0v) is 21.9. The van der Waals surface area contributed by atoms with Crippen molar-refractivity contribution in [3.05, 3.63) is 58.7 Å². The molecule has 0 saturated carbocycles. The second kappa shape index (κ2) is 13.1. The molecule has 0 aliphatic rings. The van der Waals surface area contributed by atoms with Crippen molar-refractivity contribution in [2.24, 2.45) is 11.1 Å². The highest BCUT2D eigenvalue weighted by molar-refractivity contribution is 5.80. The van der Waals surface area contributed by atoms with E-state index in [1.165, 1.54) is 16.7 Å². The molecule has 0 aliphatic heterocycles. The molecule has 7 heteroatoms. The fraction of sp³-hybridized carbons (Fsp3) is 0.500. The molecule has 1 unspecified atom stereocenters. The molecular formula is C28H40N2O5. The summed E-state index contributed by atoms with van der Waals surface area (Å²) in [7, 11) is 1.55. The van der Waals surface area contributed by atoms with Gasteiger partial charge in [0.25, 0.3) is 0 Å².